The van der Waals surface area contributed by atoms with Crippen molar-refractivity contribution in [2.75, 3.05) is 0 Å². The van der Waals surface area contributed by atoms with E-state index in [1.165, 1.54) is 19.3 Å². The van der Waals surface area contributed by atoms with E-state index in [4.69, 9.17) is 0 Å². The third-order valence-corrected chi connectivity index (χ3v) is 4.71. The van der Waals surface area contributed by atoms with E-state index in [1.807, 2.05) is 37.8 Å². The van der Waals surface area contributed by atoms with Gasteiger partial charge in [0.25, 0.3) is 11.8 Å². The number of hydrogen-bond donors (Lipinski definition) is 1. The number of carbonyl (C=O) groups is 2. The fourth-order valence-electron chi connectivity index (χ4n) is 3.67. The predicted molar refractivity (Wildman–Crippen MR) is 90.4 cm³/mol. The molecule has 1 aromatic carbocycles. The second kappa shape index (κ2) is 5.99. The van der Waals surface area contributed by atoms with Crippen LogP contribution in [0.5, 0.6) is 0 Å². The molecular formula is C19H26N2O2. The number of nitrogens with zero attached hydrogens (tertiary/aromatic N) is 1. The minimum atomic E-state index is -0.315. The van der Waals surface area contributed by atoms with Crippen molar-refractivity contribution in [2.24, 2.45) is 0 Å². The Bertz CT molecular complexity index is 625. The highest BCUT2D eigenvalue weighted by atomic mass is 16.2. The van der Waals surface area contributed by atoms with E-state index in [2.05, 4.69) is 5.32 Å². The molecule has 0 unspecified atom stereocenters. The minimum absolute atomic E-state index is 0.0339. The monoisotopic (exact) mass is 314 g/mol. The third kappa shape index (κ3) is 3.26. The molecule has 4 heteroatoms. The van der Waals surface area contributed by atoms with Crippen LogP contribution in [0.1, 0.15) is 79.2 Å². The molecule has 1 aromatic rings. The summed E-state index contributed by atoms with van der Waals surface area (Å²) in [7, 11) is 0. The quantitative estimate of drug-likeness (QED) is 0.908. The summed E-state index contributed by atoms with van der Waals surface area (Å²) in [5.41, 5.74) is 1.80. The lowest BCUT2D eigenvalue weighted by Crippen LogP contribution is -2.41. The number of fused-ring (bicyclic) bond motifs is 1. The van der Waals surface area contributed by atoms with E-state index in [9.17, 15) is 9.59 Å². The second-order valence-corrected chi connectivity index (χ2v) is 7.77. The summed E-state index contributed by atoms with van der Waals surface area (Å²) in [5.74, 6) is -0.125. The molecule has 4 nitrogen and oxygen atoms in total. The molecule has 0 aromatic heterocycles. The number of benzene rings is 1. The molecule has 0 bridgehead atoms. The van der Waals surface area contributed by atoms with Gasteiger partial charge in [-0.2, -0.15) is 0 Å². The molecule has 1 aliphatic carbocycles. The van der Waals surface area contributed by atoms with Crippen LogP contribution in [0.3, 0.4) is 0 Å². The fraction of sp³-hybridized carbons (Fsp3) is 0.579. The van der Waals surface area contributed by atoms with Crippen LogP contribution in [0.2, 0.25) is 0 Å². The molecule has 0 spiro atoms. The lowest BCUT2D eigenvalue weighted by atomic mass is 9.94. The van der Waals surface area contributed by atoms with Crippen LogP contribution >= 0.6 is 0 Å². The lowest BCUT2D eigenvalue weighted by molar-refractivity contribution is 0.0656. The van der Waals surface area contributed by atoms with E-state index in [1.54, 1.807) is 6.07 Å². The molecule has 1 heterocycles. The SMILES string of the molecule is CC(C)(C)NC(=O)c1cccc2c1C(=O)N(C1CCCCC1)C2. The molecule has 1 aliphatic heterocycles. The summed E-state index contributed by atoms with van der Waals surface area (Å²) in [6, 6.07) is 5.96. The topological polar surface area (TPSA) is 49.4 Å². The van der Waals surface area contributed by atoms with Gasteiger partial charge in [0.1, 0.15) is 0 Å². The van der Waals surface area contributed by atoms with Crippen LogP contribution < -0.4 is 5.32 Å². The molecular weight excluding hydrogens is 288 g/mol. The van der Waals surface area contributed by atoms with Gasteiger partial charge in [-0.3, -0.25) is 9.59 Å². The van der Waals surface area contributed by atoms with Gasteiger partial charge in [0.15, 0.2) is 0 Å². The largest absolute Gasteiger partial charge is 0.347 e. The highest BCUT2D eigenvalue weighted by molar-refractivity contribution is 6.09. The van der Waals surface area contributed by atoms with Crippen molar-refractivity contribution in [1.29, 1.82) is 0 Å². The molecule has 3 rings (SSSR count). The van der Waals surface area contributed by atoms with Crippen LogP contribution in [0.25, 0.3) is 0 Å². The minimum Gasteiger partial charge on any atom is -0.347 e. The maximum atomic E-state index is 12.9. The standard InChI is InChI=1S/C19H26N2O2/c1-19(2,3)20-17(22)15-11-7-8-13-12-21(18(23)16(13)15)14-9-5-4-6-10-14/h7-8,11,14H,4-6,9-10,12H2,1-3H3,(H,20,22). The Kier molecular flexibility index (Phi) is 4.17. The highest BCUT2D eigenvalue weighted by Gasteiger charge is 2.36. The average molecular weight is 314 g/mol. The van der Waals surface area contributed by atoms with Gasteiger partial charge in [-0.25, -0.2) is 0 Å². The molecule has 0 saturated heterocycles. The van der Waals surface area contributed by atoms with Crippen LogP contribution in [-0.4, -0.2) is 28.3 Å². The third-order valence-electron chi connectivity index (χ3n) is 4.71. The van der Waals surface area contributed by atoms with Gasteiger partial charge in [0.05, 0.1) is 11.1 Å². The lowest BCUT2D eigenvalue weighted by Gasteiger charge is -2.31. The molecule has 23 heavy (non-hydrogen) atoms. The molecule has 0 radical (unpaired) electrons. The zero-order valence-electron chi connectivity index (χ0n) is 14.3. The van der Waals surface area contributed by atoms with Crippen molar-refractivity contribution in [3.05, 3.63) is 34.9 Å². The van der Waals surface area contributed by atoms with Crippen molar-refractivity contribution in [3.63, 3.8) is 0 Å². The molecule has 2 aliphatic rings. The zero-order chi connectivity index (χ0) is 16.6. The van der Waals surface area contributed by atoms with Gasteiger partial charge in [-0.15, -0.1) is 0 Å². The van der Waals surface area contributed by atoms with Crippen molar-refractivity contribution in [3.8, 4) is 0 Å². The van der Waals surface area contributed by atoms with E-state index in [-0.39, 0.29) is 17.4 Å². The summed E-state index contributed by atoms with van der Waals surface area (Å²) in [4.78, 5) is 27.5. The van der Waals surface area contributed by atoms with Crippen molar-refractivity contribution in [1.82, 2.24) is 10.2 Å². The first kappa shape index (κ1) is 16.0. The zero-order valence-corrected chi connectivity index (χ0v) is 14.3. The van der Waals surface area contributed by atoms with Crippen molar-refractivity contribution < 1.29 is 9.59 Å². The average Bonchev–Trinajstić information content (AvgIpc) is 2.84. The summed E-state index contributed by atoms with van der Waals surface area (Å²) in [6.45, 7) is 6.49. The summed E-state index contributed by atoms with van der Waals surface area (Å²) in [6.07, 6.45) is 5.83. The van der Waals surface area contributed by atoms with Gasteiger partial charge in [-0.1, -0.05) is 31.4 Å². The number of hydrogen-bond acceptors (Lipinski definition) is 2. The molecule has 124 valence electrons. The first-order chi connectivity index (χ1) is 10.9. The predicted octanol–water partition coefficient (Wildman–Crippen LogP) is 3.50. The number of amides is 2. The van der Waals surface area contributed by atoms with Gasteiger partial charge >= 0.3 is 0 Å². The number of carbonyl (C=O) groups excluding carboxylic acids is 2. The van der Waals surface area contributed by atoms with Crippen LogP contribution in [0.4, 0.5) is 0 Å². The Labute approximate surface area is 138 Å². The maximum absolute atomic E-state index is 12.9. The molecule has 2 amide bonds. The Hall–Kier alpha value is -1.84. The fourth-order valence-corrected chi connectivity index (χ4v) is 3.67. The Morgan fingerprint density at radius 2 is 1.87 bits per heavy atom. The molecule has 1 fully saturated rings. The Morgan fingerprint density at radius 3 is 2.52 bits per heavy atom. The molecule has 1 saturated carbocycles. The van der Waals surface area contributed by atoms with Crippen LogP contribution in [0, 0.1) is 0 Å². The van der Waals surface area contributed by atoms with E-state index >= 15 is 0 Å². The number of nitrogens with one attached hydrogen (secondary N) is 1. The Balaban J connectivity index is 1.87. The summed E-state index contributed by atoms with van der Waals surface area (Å²) in [5, 5.41) is 2.97. The van der Waals surface area contributed by atoms with Gasteiger partial charge in [0.2, 0.25) is 0 Å². The Morgan fingerprint density at radius 1 is 1.17 bits per heavy atom. The van der Waals surface area contributed by atoms with E-state index in [0.717, 1.165) is 18.4 Å². The van der Waals surface area contributed by atoms with Gasteiger partial charge < -0.3 is 10.2 Å². The van der Waals surface area contributed by atoms with Gasteiger partial charge in [-0.05, 0) is 45.2 Å². The highest BCUT2D eigenvalue weighted by Crippen LogP contribution is 2.32. The smallest absolute Gasteiger partial charge is 0.255 e. The normalized spacial score (nSPS) is 18.9. The van der Waals surface area contributed by atoms with E-state index < -0.39 is 0 Å². The number of rotatable bonds is 2. The van der Waals surface area contributed by atoms with E-state index in [0.29, 0.717) is 23.7 Å². The first-order valence-electron chi connectivity index (χ1n) is 8.62. The molecule has 0 atom stereocenters. The summed E-state index contributed by atoms with van der Waals surface area (Å²) >= 11 is 0. The first-order valence-corrected chi connectivity index (χ1v) is 8.62. The second-order valence-electron chi connectivity index (χ2n) is 7.77. The van der Waals surface area contributed by atoms with Crippen LogP contribution in [0.15, 0.2) is 18.2 Å². The molecule has 1 N–H and O–H groups in total. The van der Waals surface area contributed by atoms with Gasteiger partial charge in [0, 0.05) is 18.1 Å². The summed E-state index contributed by atoms with van der Waals surface area (Å²) < 4.78 is 0. The maximum Gasteiger partial charge on any atom is 0.255 e. The van der Waals surface area contributed by atoms with Crippen molar-refractivity contribution in [2.45, 2.75) is 71.0 Å². The van der Waals surface area contributed by atoms with Crippen LogP contribution in [-0.2, 0) is 6.54 Å². The van der Waals surface area contributed by atoms with Crippen molar-refractivity contribution >= 4 is 11.8 Å².